The molecule has 1 aliphatic heterocycles. The predicted molar refractivity (Wildman–Crippen MR) is 72.8 cm³/mol. The quantitative estimate of drug-likeness (QED) is 0.899. The third-order valence-corrected chi connectivity index (χ3v) is 4.28. The second-order valence-electron chi connectivity index (χ2n) is 5.10. The fourth-order valence-corrected chi connectivity index (χ4v) is 3.42. The molecule has 17 heavy (non-hydrogen) atoms. The number of amides is 1. The number of carbonyl (C=O) groups excluding carboxylic acids is 1. The summed E-state index contributed by atoms with van der Waals surface area (Å²) in [7, 11) is 0. The van der Waals surface area contributed by atoms with Crippen molar-refractivity contribution in [1.29, 1.82) is 0 Å². The highest BCUT2D eigenvalue weighted by Crippen LogP contribution is 2.35. The van der Waals surface area contributed by atoms with Crippen molar-refractivity contribution in [1.82, 2.24) is 0 Å². The van der Waals surface area contributed by atoms with Gasteiger partial charge in [0.25, 0.3) is 5.91 Å². The van der Waals surface area contributed by atoms with E-state index in [4.69, 9.17) is 5.73 Å². The van der Waals surface area contributed by atoms with E-state index >= 15 is 0 Å². The lowest BCUT2D eigenvalue weighted by Crippen LogP contribution is -2.27. The molecule has 0 radical (unpaired) electrons. The van der Waals surface area contributed by atoms with E-state index in [0.717, 1.165) is 19.5 Å². The third kappa shape index (κ3) is 2.80. The standard InChI is InChI=1S/C13H20N2OS/c1-9(2)8-15-6-4-3-5-10-7-11(12(14)16)17-13(10)15/h7,9H,3-6,8H2,1-2H3,(H2,14,16). The number of fused-ring (bicyclic) bond motifs is 1. The van der Waals surface area contributed by atoms with E-state index in [0.29, 0.717) is 10.8 Å². The van der Waals surface area contributed by atoms with E-state index in [2.05, 4.69) is 18.7 Å². The Labute approximate surface area is 107 Å². The lowest BCUT2D eigenvalue weighted by Gasteiger charge is -2.24. The van der Waals surface area contributed by atoms with E-state index < -0.39 is 0 Å². The minimum absolute atomic E-state index is 0.299. The van der Waals surface area contributed by atoms with Crippen molar-refractivity contribution in [3.8, 4) is 0 Å². The Bertz CT molecular complexity index is 412. The van der Waals surface area contributed by atoms with Gasteiger partial charge in [0.15, 0.2) is 0 Å². The molecule has 0 aliphatic carbocycles. The van der Waals surface area contributed by atoms with Gasteiger partial charge in [0.05, 0.1) is 9.88 Å². The van der Waals surface area contributed by atoms with Gasteiger partial charge in [-0.2, -0.15) is 0 Å². The molecule has 2 N–H and O–H groups in total. The van der Waals surface area contributed by atoms with Crippen molar-refractivity contribution >= 4 is 22.2 Å². The second-order valence-corrected chi connectivity index (χ2v) is 6.13. The number of nitrogens with two attached hydrogens (primary N) is 1. The summed E-state index contributed by atoms with van der Waals surface area (Å²) in [5, 5.41) is 1.27. The molecule has 0 fully saturated rings. The van der Waals surface area contributed by atoms with E-state index in [1.165, 1.54) is 23.4 Å². The van der Waals surface area contributed by atoms with Crippen LogP contribution in [0.2, 0.25) is 0 Å². The maximum Gasteiger partial charge on any atom is 0.258 e. The summed E-state index contributed by atoms with van der Waals surface area (Å²) in [6, 6.07) is 1.99. The van der Waals surface area contributed by atoms with E-state index in [1.54, 1.807) is 11.3 Å². The second kappa shape index (κ2) is 5.08. The summed E-state index contributed by atoms with van der Waals surface area (Å²) in [6.07, 6.45) is 3.52. The zero-order valence-electron chi connectivity index (χ0n) is 10.5. The van der Waals surface area contributed by atoms with Crippen molar-refractivity contribution in [3.05, 3.63) is 16.5 Å². The van der Waals surface area contributed by atoms with E-state index in [1.807, 2.05) is 6.07 Å². The van der Waals surface area contributed by atoms with Gasteiger partial charge in [-0.15, -0.1) is 11.3 Å². The molecule has 0 saturated carbocycles. The molecule has 1 aromatic rings. The molecule has 1 amide bonds. The Morgan fingerprint density at radius 3 is 2.94 bits per heavy atom. The lowest BCUT2D eigenvalue weighted by atomic mass is 10.1. The molecule has 0 bridgehead atoms. The highest BCUT2D eigenvalue weighted by Gasteiger charge is 2.20. The number of primary amides is 1. The van der Waals surface area contributed by atoms with E-state index in [9.17, 15) is 4.79 Å². The van der Waals surface area contributed by atoms with Gasteiger partial charge in [0.1, 0.15) is 0 Å². The van der Waals surface area contributed by atoms with Crippen molar-refractivity contribution in [3.63, 3.8) is 0 Å². The van der Waals surface area contributed by atoms with Crippen LogP contribution in [0, 0.1) is 5.92 Å². The number of thiophene rings is 1. The number of hydrogen-bond donors (Lipinski definition) is 1. The lowest BCUT2D eigenvalue weighted by molar-refractivity contribution is 0.100. The molecule has 1 aromatic heterocycles. The average molecular weight is 252 g/mol. The average Bonchev–Trinajstić information content (AvgIpc) is 2.59. The molecule has 4 heteroatoms. The Morgan fingerprint density at radius 1 is 1.53 bits per heavy atom. The molecule has 3 nitrogen and oxygen atoms in total. The molecular formula is C13H20N2OS. The van der Waals surface area contributed by atoms with Gasteiger partial charge in [0, 0.05) is 13.1 Å². The molecule has 0 unspecified atom stereocenters. The van der Waals surface area contributed by atoms with Gasteiger partial charge in [0.2, 0.25) is 0 Å². The summed E-state index contributed by atoms with van der Waals surface area (Å²) in [5.41, 5.74) is 6.67. The summed E-state index contributed by atoms with van der Waals surface area (Å²) < 4.78 is 0. The topological polar surface area (TPSA) is 46.3 Å². The van der Waals surface area contributed by atoms with Gasteiger partial charge in [-0.1, -0.05) is 13.8 Å². The predicted octanol–water partition coefficient (Wildman–Crippen LogP) is 2.65. The Balaban J connectivity index is 2.30. The minimum atomic E-state index is -0.299. The van der Waals surface area contributed by atoms with Crippen LogP contribution in [-0.2, 0) is 6.42 Å². The first-order valence-electron chi connectivity index (χ1n) is 6.25. The SMILES string of the molecule is CC(C)CN1CCCCc2cc(C(N)=O)sc21. The summed E-state index contributed by atoms with van der Waals surface area (Å²) in [4.78, 5) is 14.4. The molecular weight excluding hydrogens is 232 g/mol. The van der Waals surface area contributed by atoms with Crippen LogP contribution in [-0.4, -0.2) is 19.0 Å². The van der Waals surface area contributed by atoms with Gasteiger partial charge in [-0.3, -0.25) is 4.79 Å². The van der Waals surface area contributed by atoms with Crippen LogP contribution in [0.1, 0.15) is 41.9 Å². The Morgan fingerprint density at radius 2 is 2.29 bits per heavy atom. The molecule has 0 spiro atoms. The van der Waals surface area contributed by atoms with Crippen LogP contribution in [0.3, 0.4) is 0 Å². The van der Waals surface area contributed by atoms with Crippen molar-refractivity contribution in [2.75, 3.05) is 18.0 Å². The maximum atomic E-state index is 11.2. The number of hydrogen-bond acceptors (Lipinski definition) is 3. The zero-order chi connectivity index (χ0) is 12.4. The highest BCUT2D eigenvalue weighted by atomic mass is 32.1. The monoisotopic (exact) mass is 252 g/mol. The minimum Gasteiger partial charge on any atom is -0.365 e. The van der Waals surface area contributed by atoms with Crippen LogP contribution < -0.4 is 10.6 Å². The highest BCUT2D eigenvalue weighted by molar-refractivity contribution is 7.18. The first-order valence-corrected chi connectivity index (χ1v) is 7.07. The fourth-order valence-electron chi connectivity index (χ4n) is 2.32. The number of anilines is 1. The summed E-state index contributed by atoms with van der Waals surface area (Å²) in [6.45, 7) is 6.62. The molecule has 1 aliphatic rings. The van der Waals surface area contributed by atoms with Crippen LogP contribution in [0.15, 0.2) is 6.07 Å². The van der Waals surface area contributed by atoms with Crippen molar-refractivity contribution in [2.45, 2.75) is 33.1 Å². The number of nitrogens with zero attached hydrogens (tertiary/aromatic N) is 1. The van der Waals surface area contributed by atoms with Crippen LogP contribution in [0.4, 0.5) is 5.00 Å². The zero-order valence-corrected chi connectivity index (χ0v) is 11.3. The molecule has 0 saturated heterocycles. The van der Waals surface area contributed by atoms with Crippen LogP contribution in [0.25, 0.3) is 0 Å². The summed E-state index contributed by atoms with van der Waals surface area (Å²) in [5.74, 6) is 0.340. The van der Waals surface area contributed by atoms with E-state index in [-0.39, 0.29) is 5.91 Å². The molecule has 0 aromatic carbocycles. The Kier molecular flexibility index (Phi) is 3.72. The van der Waals surface area contributed by atoms with Gasteiger partial charge < -0.3 is 10.6 Å². The van der Waals surface area contributed by atoms with Crippen LogP contribution in [0.5, 0.6) is 0 Å². The fraction of sp³-hybridized carbons (Fsp3) is 0.615. The van der Waals surface area contributed by atoms with Crippen molar-refractivity contribution in [2.24, 2.45) is 11.7 Å². The number of rotatable bonds is 3. The largest absolute Gasteiger partial charge is 0.365 e. The smallest absolute Gasteiger partial charge is 0.258 e. The normalized spacial score (nSPS) is 15.8. The number of carbonyl (C=O) groups is 1. The molecule has 94 valence electrons. The van der Waals surface area contributed by atoms with Crippen LogP contribution >= 0.6 is 11.3 Å². The first kappa shape index (κ1) is 12.4. The van der Waals surface area contributed by atoms with Gasteiger partial charge in [-0.25, -0.2) is 0 Å². The van der Waals surface area contributed by atoms with Gasteiger partial charge >= 0.3 is 0 Å². The number of aryl methyl sites for hydroxylation is 1. The third-order valence-electron chi connectivity index (χ3n) is 3.03. The molecule has 2 rings (SSSR count). The molecule has 2 heterocycles. The summed E-state index contributed by atoms with van der Waals surface area (Å²) >= 11 is 1.56. The van der Waals surface area contributed by atoms with Crippen molar-refractivity contribution < 1.29 is 4.79 Å². The first-order chi connectivity index (χ1) is 8.08. The Hall–Kier alpha value is -1.03. The maximum absolute atomic E-state index is 11.2. The molecule has 0 atom stereocenters. The van der Waals surface area contributed by atoms with Gasteiger partial charge in [-0.05, 0) is 36.8 Å².